The van der Waals surface area contributed by atoms with Crippen LogP contribution in [0.3, 0.4) is 0 Å². The monoisotopic (exact) mass is 338 g/mol. The highest BCUT2D eigenvalue weighted by Gasteiger charge is 2.34. The van der Waals surface area contributed by atoms with E-state index >= 15 is 0 Å². The summed E-state index contributed by atoms with van der Waals surface area (Å²) in [6.45, 7) is 6.45. The summed E-state index contributed by atoms with van der Waals surface area (Å²) in [4.78, 5) is 19.1. The number of hydrogen-bond acceptors (Lipinski definition) is 3. The van der Waals surface area contributed by atoms with Crippen molar-refractivity contribution in [3.05, 3.63) is 65.5 Å². The third kappa shape index (κ3) is 4.38. The quantitative estimate of drug-likeness (QED) is 0.811. The van der Waals surface area contributed by atoms with Crippen LogP contribution < -0.4 is 0 Å². The third-order valence-corrected chi connectivity index (χ3v) is 4.38. The number of likely N-dealkylation sites (tertiary alicyclic amines) is 1. The number of amides is 1. The van der Waals surface area contributed by atoms with Crippen LogP contribution in [0, 0.1) is 0 Å². The van der Waals surface area contributed by atoms with Crippen LogP contribution in [0.15, 0.2) is 48.7 Å². The van der Waals surface area contributed by atoms with Gasteiger partial charge in [-0.15, -0.1) is 0 Å². The third-order valence-electron chi connectivity index (χ3n) is 4.38. The Kier molecular flexibility index (Phi) is 5.07. The second-order valence-corrected chi connectivity index (χ2v) is 7.53. The Morgan fingerprint density at radius 1 is 1.20 bits per heavy atom. The number of carbonyl (C=O) groups is 1. The normalized spacial score (nSPS) is 17.6. The van der Waals surface area contributed by atoms with Gasteiger partial charge < -0.3 is 9.64 Å². The van der Waals surface area contributed by atoms with E-state index in [2.05, 4.69) is 23.2 Å². The topological polar surface area (TPSA) is 42.4 Å². The Labute approximate surface area is 149 Å². The maximum absolute atomic E-state index is 12.6. The predicted molar refractivity (Wildman–Crippen MR) is 98.4 cm³/mol. The summed E-state index contributed by atoms with van der Waals surface area (Å²) in [6, 6.07) is 14.4. The molecule has 25 heavy (non-hydrogen) atoms. The lowest BCUT2D eigenvalue weighted by Crippen LogP contribution is -2.36. The molecule has 2 heterocycles. The molecule has 0 bridgehead atoms. The van der Waals surface area contributed by atoms with Crippen molar-refractivity contribution >= 4 is 6.09 Å². The Balaban J connectivity index is 1.84. The van der Waals surface area contributed by atoms with Crippen molar-refractivity contribution in [1.29, 1.82) is 0 Å². The first-order valence-electron chi connectivity index (χ1n) is 8.91. The second kappa shape index (κ2) is 7.26. The molecule has 0 N–H and O–H groups in total. The lowest BCUT2D eigenvalue weighted by molar-refractivity contribution is 0.0224. The molecular weight excluding hydrogens is 312 g/mol. The largest absolute Gasteiger partial charge is 0.444 e. The molecule has 1 aliphatic rings. The van der Waals surface area contributed by atoms with Gasteiger partial charge in [0.2, 0.25) is 0 Å². The number of pyridine rings is 1. The molecule has 0 aliphatic carbocycles. The maximum atomic E-state index is 12.6. The first-order valence-corrected chi connectivity index (χ1v) is 8.91. The summed E-state index contributed by atoms with van der Waals surface area (Å²) in [5, 5.41) is 0. The van der Waals surface area contributed by atoms with Crippen LogP contribution in [-0.2, 0) is 11.2 Å². The molecule has 1 aromatic carbocycles. The first kappa shape index (κ1) is 17.5. The molecule has 4 nitrogen and oxygen atoms in total. The van der Waals surface area contributed by atoms with E-state index in [9.17, 15) is 4.79 Å². The van der Waals surface area contributed by atoms with Gasteiger partial charge in [0, 0.05) is 24.9 Å². The highest BCUT2D eigenvalue weighted by Crippen LogP contribution is 2.35. The molecule has 1 amide bonds. The number of benzene rings is 1. The molecule has 2 aromatic rings. The first-order chi connectivity index (χ1) is 11.9. The van der Waals surface area contributed by atoms with Gasteiger partial charge in [-0.2, -0.15) is 0 Å². The van der Waals surface area contributed by atoms with Gasteiger partial charge in [-0.3, -0.25) is 4.98 Å². The van der Waals surface area contributed by atoms with Crippen LogP contribution in [0.2, 0.25) is 0 Å². The molecule has 1 saturated heterocycles. The van der Waals surface area contributed by atoms with Crippen LogP contribution in [0.4, 0.5) is 4.79 Å². The number of hydrogen-bond donors (Lipinski definition) is 0. The summed E-state index contributed by atoms with van der Waals surface area (Å²) in [7, 11) is 0. The number of rotatable bonds is 3. The van der Waals surface area contributed by atoms with Gasteiger partial charge in [-0.05, 0) is 50.8 Å². The minimum Gasteiger partial charge on any atom is -0.444 e. The summed E-state index contributed by atoms with van der Waals surface area (Å²) in [5.74, 6) is 0. The van der Waals surface area contributed by atoms with Gasteiger partial charge in [0.1, 0.15) is 5.60 Å². The number of aromatic nitrogens is 1. The SMILES string of the molecule is CC(C)(C)OC(=O)N1CCCC1c1cccnc1Cc1ccccc1. The van der Waals surface area contributed by atoms with Crippen molar-refractivity contribution in [1.82, 2.24) is 9.88 Å². The Morgan fingerprint density at radius 2 is 1.96 bits per heavy atom. The van der Waals surface area contributed by atoms with E-state index in [1.807, 2.05) is 56.1 Å². The maximum Gasteiger partial charge on any atom is 0.410 e. The van der Waals surface area contributed by atoms with Crippen molar-refractivity contribution in [2.75, 3.05) is 6.54 Å². The number of nitrogens with zero attached hydrogens (tertiary/aromatic N) is 2. The fourth-order valence-electron chi connectivity index (χ4n) is 3.32. The highest BCUT2D eigenvalue weighted by atomic mass is 16.6. The Morgan fingerprint density at radius 3 is 2.68 bits per heavy atom. The minimum atomic E-state index is -0.480. The minimum absolute atomic E-state index is 0.0438. The Hall–Kier alpha value is -2.36. The number of ether oxygens (including phenoxy) is 1. The van der Waals surface area contributed by atoms with Crippen molar-refractivity contribution in [2.24, 2.45) is 0 Å². The summed E-state index contributed by atoms with van der Waals surface area (Å²) in [6.07, 6.45) is 4.31. The molecule has 0 radical (unpaired) electrons. The van der Waals surface area contributed by atoms with Crippen LogP contribution in [-0.4, -0.2) is 28.1 Å². The highest BCUT2D eigenvalue weighted by molar-refractivity contribution is 5.69. The van der Waals surface area contributed by atoms with E-state index in [1.54, 1.807) is 0 Å². The van der Waals surface area contributed by atoms with Gasteiger partial charge in [0.15, 0.2) is 0 Å². The predicted octanol–water partition coefficient (Wildman–Crippen LogP) is 4.74. The summed E-state index contributed by atoms with van der Waals surface area (Å²) >= 11 is 0. The van der Waals surface area contributed by atoms with Crippen LogP contribution in [0.5, 0.6) is 0 Å². The molecule has 4 heteroatoms. The smallest absolute Gasteiger partial charge is 0.410 e. The van der Waals surface area contributed by atoms with E-state index in [4.69, 9.17) is 4.74 Å². The molecule has 0 saturated carbocycles. The van der Waals surface area contributed by atoms with Gasteiger partial charge >= 0.3 is 6.09 Å². The molecule has 1 aromatic heterocycles. The van der Waals surface area contributed by atoms with Gasteiger partial charge in [0.05, 0.1) is 6.04 Å². The van der Waals surface area contributed by atoms with Crippen molar-refractivity contribution < 1.29 is 9.53 Å². The summed E-state index contributed by atoms with van der Waals surface area (Å²) < 4.78 is 5.60. The van der Waals surface area contributed by atoms with Gasteiger partial charge in [-0.25, -0.2) is 4.79 Å². The van der Waals surface area contributed by atoms with E-state index in [0.717, 1.165) is 37.1 Å². The summed E-state index contributed by atoms with van der Waals surface area (Å²) in [5.41, 5.74) is 2.92. The molecular formula is C21H26N2O2. The average molecular weight is 338 g/mol. The zero-order chi connectivity index (χ0) is 17.9. The molecule has 132 valence electrons. The van der Waals surface area contributed by atoms with Crippen LogP contribution in [0.1, 0.15) is 56.5 Å². The van der Waals surface area contributed by atoms with E-state index < -0.39 is 5.60 Å². The fraction of sp³-hybridized carbons (Fsp3) is 0.429. The van der Waals surface area contributed by atoms with Crippen LogP contribution >= 0.6 is 0 Å². The van der Waals surface area contributed by atoms with E-state index in [-0.39, 0.29) is 12.1 Å². The fourth-order valence-corrected chi connectivity index (χ4v) is 3.32. The van der Waals surface area contributed by atoms with Crippen molar-refractivity contribution in [2.45, 2.75) is 51.7 Å². The van der Waals surface area contributed by atoms with Crippen molar-refractivity contribution in [3.8, 4) is 0 Å². The van der Waals surface area contributed by atoms with Crippen LogP contribution in [0.25, 0.3) is 0 Å². The molecule has 1 aliphatic heterocycles. The molecule has 0 spiro atoms. The van der Waals surface area contributed by atoms with Gasteiger partial charge in [0.25, 0.3) is 0 Å². The Bertz CT molecular complexity index is 722. The molecule has 3 rings (SSSR count). The van der Waals surface area contributed by atoms with Gasteiger partial charge in [-0.1, -0.05) is 36.4 Å². The van der Waals surface area contributed by atoms with Crippen molar-refractivity contribution in [3.63, 3.8) is 0 Å². The van der Waals surface area contributed by atoms with E-state index in [0.29, 0.717) is 0 Å². The zero-order valence-electron chi connectivity index (χ0n) is 15.2. The molecule has 1 atom stereocenters. The van der Waals surface area contributed by atoms with E-state index in [1.165, 1.54) is 5.56 Å². The second-order valence-electron chi connectivity index (χ2n) is 7.53. The molecule has 1 fully saturated rings. The lowest BCUT2D eigenvalue weighted by atomic mass is 9.98. The lowest BCUT2D eigenvalue weighted by Gasteiger charge is -2.29. The zero-order valence-corrected chi connectivity index (χ0v) is 15.2. The average Bonchev–Trinajstić information content (AvgIpc) is 3.04. The standard InChI is InChI=1S/C21H26N2O2/c1-21(2,3)25-20(24)23-14-8-12-19(23)17-11-7-13-22-18(17)15-16-9-5-4-6-10-16/h4-7,9-11,13,19H,8,12,14-15H2,1-3H3. The molecule has 1 unspecified atom stereocenters. The number of carbonyl (C=O) groups excluding carboxylic acids is 1.